The van der Waals surface area contributed by atoms with E-state index in [9.17, 15) is 13.2 Å². The molecule has 0 aromatic heterocycles. The molecule has 3 rings (SSSR count). The largest absolute Gasteiger partial charge is 0.392 e. The van der Waals surface area contributed by atoms with E-state index in [1.807, 2.05) is 30.3 Å². The topological polar surface area (TPSA) is 3.24 Å². The summed E-state index contributed by atoms with van der Waals surface area (Å²) < 4.78 is 39.9. The second-order valence-electron chi connectivity index (χ2n) is 9.38. The minimum Gasteiger partial charge on any atom is -0.298 e. The minimum absolute atomic E-state index is 0.265. The zero-order chi connectivity index (χ0) is 22.4. The molecule has 0 spiro atoms. The minimum atomic E-state index is -4.09. The van der Waals surface area contributed by atoms with Gasteiger partial charge in [-0.25, -0.2) is 0 Å². The Kier molecular flexibility index (Phi) is 8.21. The predicted octanol–water partition coefficient (Wildman–Crippen LogP) is 7.41. The van der Waals surface area contributed by atoms with E-state index in [1.54, 1.807) is 0 Å². The third kappa shape index (κ3) is 6.58. The lowest BCUT2D eigenvalue weighted by molar-refractivity contribution is -0.176. The van der Waals surface area contributed by atoms with Crippen LogP contribution in [0.1, 0.15) is 69.1 Å². The Morgan fingerprint density at radius 2 is 1.52 bits per heavy atom. The van der Waals surface area contributed by atoms with Crippen LogP contribution in [-0.2, 0) is 12.8 Å². The number of alkyl halides is 3. The zero-order valence-electron chi connectivity index (χ0n) is 19.0. The zero-order valence-corrected chi connectivity index (χ0v) is 19.0. The maximum absolute atomic E-state index is 13.3. The molecule has 2 aromatic rings. The molecule has 3 atom stereocenters. The van der Waals surface area contributed by atoms with Gasteiger partial charge in [-0.2, -0.15) is 13.2 Å². The molecule has 1 saturated carbocycles. The highest BCUT2D eigenvalue weighted by atomic mass is 19.4. The summed E-state index contributed by atoms with van der Waals surface area (Å²) in [7, 11) is 0. The molecule has 170 valence electrons. The molecule has 0 bridgehead atoms. The van der Waals surface area contributed by atoms with Gasteiger partial charge in [0.15, 0.2) is 0 Å². The van der Waals surface area contributed by atoms with Crippen LogP contribution in [0.3, 0.4) is 0 Å². The fourth-order valence-corrected chi connectivity index (χ4v) is 5.11. The second-order valence-corrected chi connectivity index (χ2v) is 9.38. The van der Waals surface area contributed by atoms with E-state index >= 15 is 0 Å². The van der Waals surface area contributed by atoms with Crippen molar-refractivity contribution < 1.29 is 13.2 Å². The van der Waals surface area contributed by atoms with Gasteiger partial charge >= 0.3 is 6.18 Å². The molecule has 1 aliphatic rings. The molecule has 4 heteroatoms. The second kappa shape index (κ2) is 10.7. The monoisotopic (exact) mass is 431 g/mol. The average Bonchev–Trinajstić information content (AvgIpc) is 3.24. The van der Waals surface area contributed by atoms with Crippen molar-refractivity contribution in [2.24, 2.45) is 5.92 Å². The average molecular weight is 432 g/mol. The summed E-state index contributed by atoms with van der Waals surface area (Å²) in [5.74, 6) is -1.55. The van der Waals surface area contributed by atoms with Crippen LogP contribution in [0, 0.1) is 5.92 Å². The van der Waals surface area contributed by atoms with E-state index in [0.29, 0.717) is 24.9 Å². The fourth-order valence-electron chi connectivity index (χ4n) is 5.11. The van der Waals surface area contributed by atoms with Gasteiger partial charge in [0.25, 0.3) is 0 Å². The molecular formula is C27H36F3N. The smallest absolute Gasteiger partial charge is 0.298 e. The molecule has 0 amide bonds. The number of hydrogen-bond donors (Lipinski definition) is 0. The van der Waals surface area contributed by atoms with Gasteiger partial charge in [0, 0.05) is 18.6 Å². The van der Waals surface area contributed by atoms with Crippen molar-refractivity contribution in [2.45, 2.75) is 83.5 Å². The number of nitrogens with zero attached hydrogens (tertiary/aromatic N) is 1. The molecule has 31 heavy (non-hydrogen) atoms. The molecule has 0 aliphatic heterocycles. The highest BCUT2D eigenvalue weighted by Gasteiger charge is 2.47. The molecule has 1 aliphatic carbocycles. The van der Waals surface area contributed by atoms with Crippen molar-refractivity contribution in [1.29, 1.82) is 0 Å². The molecule has 1 nitrogen and oxygen atoms in total. The molecule has 0 heterocycles. The molecule has 3 unspecified atom stereocenters. The Morgan fingerprint density at radius 1 is 0.871 bits per heavy atom. The molecule has 0 radical (unpaired) electrons. The number of halogens is 3. The molecule has 1 fully saturated rings. The summed E-state index contributed by atoms with van der Waals surface area (Å²) >= 11 is 0. The van der Waals surface area contributed by atoms with Crippen LogP contribution < -0.4 is 0 Å². The predicted molar refractivity (Wildman–Crippen MR) is 122 cm³/mol. The molecule has 2 aromatic carbocycles. The summed E-state index contributed by atoms with van der Waals surface area (Å²) in [5, 5.41) is 0. The molecule has 0 saturated heterocycles. The van der Waals surface area contributed by atoms with Crippen LogP contribution in [0.2, 0.25) is 0 Å². The Bertz CT molecular complexity index is 782. The van der Waals surface area contributed by atoms with Gasteiger partial charge in [-0.3, -0.25) is 4.90 Å². The van der Waals surface area contributed by atoms with Gasteiger partial charge < -0.3 is 0 Å². The number of benzene rings is 2. The van der Waals surface area contributed by atoms with E-state index in [-0.39, 0.29) is 12.3 Å². The van der Waals surface area contributed by atoms with Gasteiger partial charge in [-0.15, -0.1) is 0 Å². The van der Waals surface area contributed by atoms with Crippen LogP contribution in [0.4, 0.5) is 13.2 Å². The van der Waals surface area contributed by atoms with Crippen LogP contribution in [0.25, 0.3) is 0 Å². The van der Waals surface area contributed by atoms with Gasteiger partial charge in [-0.1, -0.05) is 61.0 Å². The first-order valence-corrected chi connectivity index (χ1v) is 11.7. The number of hydrogen-bond acceptors (Lipinski definition) is 1. The van der Waals surface area contributed by atoms with Crippen molar-refractivity contribution in [3.63, 3.8) is 0 Å². The van der Waals surface area contributed by atoms with Gasteiger partial charge in [0.1, 0.15) is 0 Å². The van der Waals surface area contributed by atoms with Gasteiger partial charge in [0.05, 0.1) is 5.92 Å². The van der Waals surface area contributed by atoms with Gasteiger partial charge in [0.2, 0.25) is 0 Å². The molecule has 0 N–H and O–H groups in total. The highest BCUT2D eigenvalue weighted by Crippen LogP contribution is 2.48. The van der Waals surface area contributed by atoms with Gasteiger partial charge in [-0.05, 0) is 75.5 Å². The van der Waals surface area contributed by atoms with Crippen LogP contribution >= 0.6 is 0 Å². The lowest BCUT2D eigenvalue weighted by Gasteiger charge is -2.33. The number of rotatable bonds is 9. The van der Waals surface area contributed by atoms with E-state index in [1.165, 1.54) is 11.1 Å². The van der Waals surface area contributed by atoms with Crippen molar-refractivity contribution in [3.8, 4) is 0 Å². The summed E-state index contributed by atoms with van der Waals surface area (Å²) in [4.78, 5) is 2.55. The summed E-state index contributed by atoms with van der Waals surface area (Å²) in [6.07, 6.45) is 0.522. The summed E-state index contributed by atoms with van der Waals surface area (Å²) in [6.45, 7) is 7.80. The standard InChI is InChI=1S/C27H36F3N/c1-20(2)31(19-18-22-8-5-4-6-9-22)21(3)12-13-23-14-16-24(17-15-23)25-10-7-11-26(25)27(28,29)30/h4-6,8-9,14-17,20-21,25-26H,7,10-13,18-19H2,1-3H3. The fraction of sp³-hybridized carbons (Fsp3) is 0.556. The third-order valence-corrected chi connectivity index (χ3v) is 6.93. The third-order valence-electron chi connectivity index (χ3n) is 6.93. The van der Waals surface area contributed by atoms with Crippen molar-refractivity contribution >= 4 is 0 Å². The lowest BCUT2D eigenvalue weighted by Crippen LogP contribution is -2.40. The van der Waals surface area contributed by atoms with Crippen LogP contribution in [-0.4, -0.2) is 29.7 Å². The lowest BCUT2D eigenvalue weighted by atomic mass is 9.87. The van der Waals surface area contributed by atoms with Crippen molar-refractivity contribution in [2.75, 3.05) is 6.54 Å². The quantitative estimate of drug-likeness (QED) is 0.400. The Balaban J connectivity index is 1.54. The van der Waals surface area contributed by atoms with Crippen molar-refractivity contribution in [3.05, 3.63) is 71.3 Å². The van der Waals surface area contributed by atoms with Crippen LogP contribution in [0.15, 0.2) is 54.6 Å². The SMILES string of the molecule is CC(C)N(CCc1ccccc1)C(C)CCc1ccc(C2CCCC2C(F)(F)F)cc1. The highest BCUT2D eigenvalue weighted by molar-refractivity contribution is 5.27. The first kappa shape index (κ1) is 23.8. The molecular weight excluding hydrogens is 395 g/mol. The normalized spacial score (nSPS) is 20.5. The first-order chi connectivity index (χ1) is 14.8. The maximum atomic E-state index is 13.3. The Morgan fingerprint density at radius 3 is 2.13 bits per heavy atom. The van der Waals surface area contributed by atoms with E-state index in [2.05, 4.69) is 49.9 Å². The summed E-state index contributed by atoms with van der Waals surface area (Å²) in [6, 6.07) is 19.5. The van der Waals surface area contributed by atoms with Crippen molar-refractivity contribution in [1.82, 2.24) is 4.90 Å². The first-order valence-electron chi connectivity index (χ1n) is 11.7. The van der Waals surface area contributed by atoms with E-state index in [0.717, 1.165) is 31.4 Å². The Labute approximate surface area is 185 Å². The maximum Gasteiger partial charge on any atom is 0.392 e. The Hall–Kier alpha value is -1.81. The number of aryl methyl sites for hydroxylation is 1. The van der Waals surface area contributed by atoms with E-state index in [4.69, 9.17) is 0 Å². The summed E-state index contributed by atoms with van der Waals surface area (Å²) in [5.41, 5.74) is 3.42. The van der Waals surface area contributed by atoms with Crippen LogP contribution in [0.5, 0.6) is 0 Å². The van der Waals surface area contributed by atoms with E-state index < -0.39 is 12.1 Å².